The third kappa shape index (κ3) is 5.49. The number of carbonyl (C=O) groups is 1. The van der Waals surface area contributed by atoms with Crippen molar-refractivity contribution in [2.45, 2.75) is 57.5 Å². The first kappa shape index (κ1) is 14.8. The lowest BCUT2D eigenvalue weighted by atomic mass is 9.97. The van der Waals surface area contributed by atoms with Gasteiger partial charge in [-0.2, -0.15) is 0 Å². The third-order valence-electron chi connectivity index (χ3n) is 4.27. The monoisotopic (exact) mass is 268 g/mol. The highest BCUT2D eigenvalue weighted by molar-refractivity contribution is 5.78. The van der Waals surface area contributed by atoms with Crippen molar-refractivity contribution in [3.05, 3.63) is 0 Å². The zero-order chi connectivity index (χ0) is 13.3. The van der Waals surface area contributed by atoms with Gasteiger partial charge in [0.2, 0.25) is 5.91 Å². The molecular formula is C15H28N2O2. The molecule has 0 spiro atoms. The zero-order valence-corrected chi connectivity index (χ0v) is 12.0. The maximum absolute atomic E-state index is 11.9. The fourth-order valence-electron chi connectivity index (χ4n) is 3.04. The van der Waals surface area contributed by atoms with Crippen molar-refractivity contribution in [1.82, 2.24) is 10.6 Å². The molecule has 0 unspecified atom stereocenters. The number of ether oxygens (including phenoxy) is 1. The van der Waals surface area contributed by atoms with Crippen LogP contribution in [0.5, 0.6) is 0 Å². The van der Waals surface area contributed by atoms with Crippen molar-refractivity contribution in [3.8, 4) is 0 Å². The van der Waals surface area contributed by atoms with Gasteiger partial charge in [0.15, 0.2) is 0 Å². The smallest absolute Gasteiger partial charge is 0.223 e. The van der Waals surface area contributed by atoms with Crippen LogP contribution < -0.4 is 10.6 Å². The van der Waals surface area contributed by atoms with Crippen LogP contribution in [0.25, 0.3) is 0 Å². The first-order valence-corrected chi connectivity index (χ1v) is 7.96. The predicted molar refractivity (Wildman–Crippen MR) is 76.0 cm³/mol. The highest BCUT2D eigenvalue weighted by Gasteiger charge is 2.20. The van der Waals surface area contributed by atoms with E-state index in [9.17, 15) is 4.79 Å². The number of amides is 1. The number of piperidine rings is 1. The molecule has 2 rings (SSSR count). The van der Waals surface area contributed by atoms with E-state index in [1.165, 1.54) is 38.5 Å². The molecule has 0 atom stereocenters. The second-order valence-corrected chi connectivity index (χ2v) is 5.80. The average Bonchev–Trinajstić information content (AvgIpc) is 2.73. The van der Waals surface area contributed by atoms with Gasteiger partial charge in [0, 0.05) is 12.5 Å². The standard InChI is InChI=1S/C15H28N2O2/c18-15(13-7-9-16-10-8-13)17-11-12-19-14-5-3-1-2-4-6-14/h13-14,16H,1-12H2,(H,17,18). The molecule has 0 aromatic heterocycles. The van der Waals surface area contributed by atoms with Crippen LogP contribution >= 0.6 is 0 Å². The fraction of sp³-hybridized carbons (Fsp3) is 0.933. The fourth-order valence-corrected chi connectivity index (χ4v) is 3.04. The Morgan fingerprint density at radius 3 is 2.42 bits per heavy atom. The number of hydrogen-bond acceptors (Lipinski definition) is 3. The van der Waals surface area contributed by atoms with Crippen LogP contribution in [-0.4, -0.2) is 38.3 Å². The molecule has 1 saturated carbocycles. The van der Waals surface area contributed by atoms with Crippen LogP contribution in [0.3, 0.4) is 0 Å². The molecule has 0 aromatic carbocycles. The molecule has 0 aromatic rings. The molecule has 0 bridgehead atoms. The summed E-state index contributed by atoms with van der Waals surface area (Å²) in [5.41, 5.74) is 0. The molecule has 19 heavy (non-hydrogen) atoms. The summed E-state index contributed by atoms with van der Waals surface area (Å²) in [5.74, 6) is 0.421. The molecular weight excluding hydrogens is 240 g/mol. The summed E-state index contributed by atoms with van der Waals surface area (Å²) in [6, 6.07) is 0. The first-order chi connectivity index (χ1) is 9.36. The minimum Gasteiger partial charge on any atom is -0.376 e. The number of nitrogens with one attached hydrogen (secondary N) is 2. The van der Waals surface area contributed by atoms with Gasteiger partial charge in [0.05, 0.1) is 12.7 Å². The van der Waals surface area contributed by atoms with E-state index in [-0.39, 0.29) is 11.8 Å². The van der Waals surface area contributed by atoms with E-state index in [1.807, 2.05) is 0 Å². The summed E-state index contributed by atoms with van der Waals surface area (Å²) in [7, 11) is 0. The molecule has 1 aliphatic carbocycles. The lowest BCUT2D eigenvalue weighted by Gasteiger charge is -2.22. The molecule has 4 nitrogen and oxygen atoms in total. The molecule has 2 fully saturated rings. The molecule has 1 aliphatic heterocycles. The van der Waals surface area contributed by atoms with E-state index in [4.69, 9.17) is 4.74 Å². The van der Waals surface area contributed by atoms with Gasteiger partial charge < -0.3 is 15.4 Å². The maximum atomic E-state index is 11.9. The van der Waals surface area contributed by atoms with Gasteiger partial charge in [-0.1, -0.05) is 25.7 Å². The van der Waals surface area contributed by atoms with Crippen molar-refractivity contribution in [2.24, 2.45) is 5.92 Å². The Bertz CT molecular complexity index is 257. The van der Waals surface area contributed by atoms with Crippen molar-refractivity contribution in [3.63, 3.8) is 0 Å². The minimum atomic E-state index is 0.208. The van der Waals surface area contributed by atoms with E-state index >= 15 is 0 Å². The molecule has 110 valence electrons. The van der Waals surface area contributed by atoms with Gasteiger partial charge in [-0.3, -0.25) is 4.79 Å². The van der Waals surface area contributed by atoms with Crippen LogP contribution in [-0.2, 0) is 9.53 Å². The van der Waals surface area contributed by atoms with Crippen LogP contribution in [0, 0.1) is 5.92 Å². The summed E-state index contributed by atoms with van der Waals surface area (Å²) < 4.78 is 5.87. The summed E-state index contributed by atoms with van der Waals surface area (Å²) >= 11 is 0. The molecule has 1 heterocycles. The molecule has 0 radical (unpaired) electrons. The number of rotatable bonds is 5. The van der Waals surface area contributed by atoms with E-state index in [0.717, 1.165) is 25.9 Å². The predicted octanol–water partition coefficient (Wildman–Crippen LogP) is 1.84. The Kier molecular flexibility index (Phi) is 6.65. The number of hydrogen-bond donors (Lipinski definition) is 2. The van der Waals surface area contributed by atoms with Gasteiger partial charge >= 0.3 is 0 Å². The third-order valence-corrected chi connectivity index (χ3v) is 4.27. The Morgan fingerprint density at radius 2 is 1.74 bits per heavy atom. The Labute approximate surface area is 116 Å². The van der Waals surface area contributed by atoms with Crippen molar-refractivity contribution in [2.75, 3.05) is 26.2 Å². The van der Waals surface area contributed by atoms with Crippen molar-refractivity contribution >= 4 is 5.91 Å². The summed E-state index contributed by atoms with van der Waals surface area (Å²) in [6.45, 7) is 3.27. The maximum Gasteiger partial charge on any atom is 0.223 e. The molecule has 4 heteroatoms. The highest BCUT2D eigenvalue weighted by atomic mass is 16.5. The van der Waals surface area contributed by atoms with E-state index < -0.39 is 0 Å². The van der Waals surface area contributed by atoms with Gasteiger partial charge in [-0.25, -0.2) is 0 Å². The molecule has 2 N–H and O–H groups in total. The van der Waals surface area contributed by atoms with E-state index in [0.29, 0.717) is 19.3 Å². The summed E-state index contributed by atoms with van der Waals surface area (Å²) in [4.78, 5) is 11.9. The zero-order valence-electron chi connectivity index (χ0n) is 12.0. The lowest BCUT2D eigenvalue weighted by Crippen LogP contribution is -2.39. The van der Waals surface area contributed by atoms with Gasteiger partial charge in [0.25, 0.3) is 0 Å². The quantitative estimate of drug-likeness (QED) is 0.591. The van der Waals surface area contributed by atoms with Crippen molar-refractivity contribution in [1.29, 1.82) is 0 Å². The van der Waals surface area contributed by atoms with E-state index in [1.54, 1.807) is 0 Å². The van der Waals surface area contributed by atoms with Crippen LogP contribution in [0.1, 0.15) is 51.4 Å². The first-order valence-electron chi connectivity index (χ1n) is 7.96. The summed E-state index contributed by atoms with van der Waals surface area (Å²) in [6.07, 6.45) is 10.1. The van der Waals surface area contributed by atoms with Gasteiger partial charge in [0.1, 0.15) is 0 Å². The highest BCUT2D eigenvalue weighted by Crippen LogP contribution is 2.19. The van der Waals surface area contributed by atoms with Gasteiger partial charge in [-0.15, -0.1) is 0 Å². The number of carbonyl (C=O) groups excluding carboxylic acids is 1. The minimum absolute atomic E-state index is 0.208. The Balaban J connectivity index is 1.54. The van der Waals surface area contributed by atoms with Gasteiger partial charge in [-0.05, 0) is 38.8 Å². The normalized spacial score (nSPS) is 22.9. The average molecular weight is 268 g/mol. The second-order valence-electron chi connectivity index (χ2n) is 5.80. The molecule has 2 aliphatic rings. The van der Waals surface area contributed by atoms with Crippen molar-refractivity contribution < 1.29 is 9.53 Å². The SMILES string of the molecule is O=C(NCCOC1CCCCCC1)C1CCNCC1. The lowest BCUT2D eigenvalue weighted by molar-refractivity contribution is -0.126. The molecule has 1 amide bonds. The Morgan fingerprint density at radius 1 is 1.05 bits per heavy atom. The summed E-state index contributed by atoms with van der Waals surface area (Å²) in [5, 5.41) is 6.30. The molecule has 1 saturated heterocycles. The van der Waals surface area contributed by atoms with Crippen LogP contribution in [0.15, 0.2) is 0 Å². The van der Waals surface area contributed by atoms with Crippen LogP contribution in [0.2, 0.25) is 0 Å². The second kappa shape index (κ2) is 8.54. The largest absolute Gasteiger partial charge is 0.376 e. The topological polar surface area (TPSA) is 50.4 Å². The van der Waals surface area contributed by atoms with Crippen LogP contribution in [0.4, 0.5) is 0 Å². The Hall–Kier alpha value is -0.610. The van der Waals surface area contributed by atoms with E-state index in [2.05, 4.69) is 10.6 Å².